The van der Waals surface area contributed by atoms with Gasteiger partial charge in [0, 0.05) is 6.42 Å². The first-order valence-corrected chi connectivity index (χ1v) is 5.45. The molecule has 0 saturated carbocycles. The average Bonchev–Trinajstić information content (AvgIpc) is 2.08. The molecule has 1 rings (SSSR count). The number of aliphatic hydroxyl groups is 1. The van der Waals surface area contributed by atoms with Crippen LogP contribution < -0.4 is 4.74 Å². The van der Waals surface area contributed by atoms with E-state index >= 15 is 0 Å². The van der Waals surface area contributed by atoms with Crippen LogP contribution in [0.4, 0.5) is 0 Å². The van der Waals surface area contributed by atoms with Gasteiger partial charge in [0.25, 0.3) is 0 Å². The first-order valence-electron chi connectivity index (χ1n) is 4.69. The van der Waals surface area contributed by atoms with Crippen LogP contribution in [0.25, 0.3) is 0 Å². The molecule has 0 saturated heterocycles. The molecule has 0 spiro atoms. The Kier molecular flexibility index (Phi) is 4.26. The highest BCUT2D eigenvalue weighted by Crippen LogP contribution is 2.32. The van der Waals surface area contributed by atoms with Crippen molar-refractivity contribution < 1.29 is 9.84 Å². The van der Waals surface area contributed by atoms with Crippen molar-refractivity contribution >= 4 is 23.2 Å². The van der Waals surface area contributed by atoms with Crippen molar-refractivity contribution in [3.63, 3.8) is 0 Å². The summed E-state index contributed by atoms with van der Waals surface area (Å²) < 4.78 is 5.42. The zero-order valence-electron chi connectivity index (χ0n) is 8.76. The fraction of sp³-hybridized carbons (Fsp3) is 0.455. The van der Waals surface area contributed by atoms with Crippen LogP contribution in [0.15, 0.2) is 18.2 Å². The number of hydrogen-bond donors (Lipinski definition) is 1. The monoisotopic (exact) mass is 248 g/mol. The Morgan fingerprint density at radius 2 is 1.80 bits per heavy atom. The highest BCUT2D eigenvalue weighted by Gasteiger charge is 2.13. The molecule has 2 nitrogen and oxygen atoms in total. The summed E-state index contributed by atoms with van der Waals surface area (Å²) in [6.45, 7) is 3.84. The molecule has 1 aromatic rings. The smallest absolute Gasteiger partial charge is 0.156 e. The largest absolute Gasteiger partial charge is 0.490 e. The van der Waals surface area contributed by atoms with Crippen LogP contribution in [-0.4, -0.2) is 17.3 Å². The lowest BCUT2D eigenvalue weighted by Crippen LogP contribution is -2.21. The summed E-state index contributed by atoms with van der Waals surface area (Å²) in [4.78, 5) is 0. The minimum atomic E-state index is -0.742. The second-order valence-electron chi connectivity index (χ2n) is 3.96. The Bertz CT molecular complexity index is 312. The Labute approximate surface area is 99.8 Å². The SMILES string of the molecule is CC(C)(O)CCOc1c(Cl)cccc1Cl. The van der Waals surface area contributed by atoms with Gasteiger partial charge >= 0.3 is 0 Å². The molecule has 4 heteroatoms. The van der Waals surface area contributed by atoms with Crippen molar-refractivity contribution in [1.82, 2.24) is 0 Å². The molecule has 0 fully saturated rings. The summed E-state index contributed by atoms with van der Waals surface area (Å²) in [5.74, 6) is 0.477. The lowest BCUT2D eigenvalue weighted by atomic mass is 10.1. The normalized spacial score (nSPS) is 11.5. The molecule has 15 heavy (non-hydrogen) atoms. The second-order valence-corrected chi connectivity index (χ2v) is 4.78. The van der Waals surface area contributed by atoms with E-state index in [1.807, 2.05) is 0 Å². The molecule has 0 aliphatic carbocycles. The zero-order valence-corrected chi connectivity index (χ0v) is 10.3. The van der Waals surface area contributed by atoms with Crippen LogP contribution >= 0.6 is 23.2 Å². The third-order valence-electron chi connectivity index (χ3n) is 1.88. The maximum atomic E-state index is 9.49. The third-order valence-corrected chi connectivity index (χ3v) is 2.47. The third kappa shape index (κ3) is 4.29. The first-order chi connectivity index (χ1) is 6.90. The fourth-order valence-electron chi connectivity index (χ4n) is 1.02. The molecule has 0 amide bonds. The molecule has 1 N–H and O–H groups in total. The van der Waals surface area contributed by atoms with E-state index in [1.54, 1.807) is 32.0 Å². The molecule has 0 aromatic heterocycles. The molecular weight excluding hydrogens is 235 g/mol. The Morgan fingerprint density at radius 3 is 2.27 bits per heavy atom. The van der Waals surface area contributed by atoms with E-state index in [-0.39, 0.29) is 0 Å². The van der Waals surface area contributed by atoms with Crippen molar-refractivity contribution in [2.45, 2.75) is 25.9 Å². The van der Waals surface area contributed by atoms with Gasteiger partial charge in [-0.2, -0.15) is 0 Å². The predicted octanol–water partition coefficient (Wildman–Crippen LogP) is 3.53. The fourth-order valence-corrected chi connectivity index (χ4v) is 1.53. The van der Waals surface area contributed by atoms with Gasteiger partial charge in [0.2, 0.25) is 0 Å². The lowest BCUT2D eigenvalue weighted by molar-refractivity contribution is 0.0553. The van der Waals surface area contributed by atoms with E-state index < -0.39 is 5.60 Å². The second kappa shape index (κ2) is 5.06. The van der Waals surface area contributed by atoms with Gasteiger partial charge in [-0.15, -0.1) is 0 Å². The molecule has 0 radical (unpaired) electrons. The summed E-state index contributed by atoms with van der Waals surface area (Å²) in [6, 6.07) is 5.19. The Morgan fingerprint density at radius 1 is 1.27 bits per heavy atom. The number of rotatable bonds is 4. The zero-order chi connectivity index (χ0) is 11.5. The topological polar surface area (TPSA) is 29.5 Å². The standard InChI is InChI=1S/C11H14Cl2O2/c1-11(2,14)6-7-15-10-8(12)4-3-5-9(10)13/h3-5,14H,6-7H2,1-2H3. The molecule has 0 bridgehead atoms. The van der Waals surface area contributed by atoms with E-state index in [0.717, 1.165) is 0 Å². The van der Waals surface area contributed by atoms with Crippen molar-refractivity contribution in [3.8, 4) is 5.75 Å². The number of benzene rings is 1. The Hall–Kier alpha value is -0.440. The van der Waals surface area contributed by atoms with Crippen molar-refractivity contribution in [2.24, 2.45) is 0 Å². The molecule has 0 heterocycles. The minimum absolute atomic E-state index is 0.382. The number of para-hydroxylation sites is 1. The van der Waals surface area contributed by atoms with Gasteiger partial charge in [-0.05, 0) is 26.0 Å². The summed E-state index contributed by atoms with van der Waals surface area (Å²) in [6.07, 6.45) is 0.522. The molecule has 0 atom stereocenters. The van der Waals surface area contributed by atoms with E-state index in [2.05, 4.69) is 0 Å². The highest BCUT2D eigenvalue weighted by atomic mass is 35.5. The summed E-state index contributed by atoms with van der Waals surface area (Å²) in [5.41, 5.74) is -0.742. The van der Waals surface area contributed by atoms with Gasteiger partial charge in [-0.1, -0.05) is 29.3 Å². The molecule has 0 aliphatic rings. The van der Waals surface area contributed by atoms with Gasteiger partial charge in [0.1, 0.15) is 0 Å². The number of ether oxygens (including phenoxy) is 1. The predicted molar refractivity (Wildman–Crippen MR) is 62.9 cm³/mol. The van der Waals surface area contributed by atoms with E-state index in [0.29, 0.717) is 28.8 Å². The molecule has 0 unspecified atom stereocenters. The van der Waals surface area contributed by atoms with Crippen LogP contribution in [0.5, 0.6) is 5.75 Å². The number of hydrogen-bond acceptors (Lipinski definition) is 2. The summed E-state index contributed by atoms with van der Waals surface area (Å²) >= 11 is 11.8. The van der Waals surface area contributed by atoms with Gasteiger partial charge in [0.15, 0.2) is 5.75 Å². The Balaban J connectivity index is 2.58. The average molecular weight is 249 g/mol. The van der Waals surface area contributed by atoms with Crippen LogP contribution in [0.2, 0.25) is 10.0 Å². The summed E-state index contributed by atoms with van der Waals surface area (Å²) in [7, 11) is 0. The van der Waals surface area contributed by atoms with Crippen LogP contribution in [-0.2, 0) is 0 Å². The maximum Gasteiger partial charge on any atom is 0.156 e. The van der Waals surface area contributed by atoms with Gasteiger partial charge in [0.05, 0.1) is 22.3 Å². The molecule has 1 aromatic carbocycles. The van der Waals surface area contributed by atoms with E-state index in [1.165, 1.54) is 0 Å². The van der Waals surface area contributed by atoms with Crippen LogP contribution in [0, 0.1) is 0 Å². The van der Waals surface area contributed by atoms with Crippen LogP contribution in [0.3, 0.4) is 0 Å². The maximum absolute atomic E-state index is 9.49. The van der Waals surface area contributed by atoms with E-state index in [9.17, 15) is 5.11 Å². The number of halogens is 2. The van der Waals surface area contributed by atoms with Gasteiger partial charge in [-0.25, -0.2) is 0 Å². The summed E-state index contributed by atoms with van der Waals surface area (Å²) in [5, 5.41) is 10.5. The highest BCUT2D eigenvalue weighted by molar-refractivity contribution is 6.37. The van der Waals surface area contributed by atoms with Gasteiger partial charge in [-0.3, -0.25) is 0 Å². The molecule has 0 aliphatic heterocycles. The van der Waals surface area contributed by atoms with Crippen LogP contribution in [0.1, 0.15) is 20.3 Å². The first kappa shape index (κ1) is 12.6. The van der Waals surface area contributed by atoms with Gasteiger partial charge < -0.3 is 9.84 Å². The van der Waals surface area contributed by atoms with Crippen molar-refractivity contribution in [3.05, 3.63) is 28.2 Å². The molecular formula is C11H14Cl2O2. The van der Waals surface area contributed by atoms with Crippen molar-refractivity contribution in [1.29, 1.82) is 0 Å². The molecule has 84 valence electrons. The minimum Gasteiger partial charge on any atom is -0.490 e. The lowest BCUT2D eigenvalue weighted by Gasteiger charge is -2.17. The quantitative estimate of drug-likeness (QED) is 0.884. The van der Waals surface area contributed by atoms with Crippen molar-refractivity contribution in [2.75, 3.05) is 6.61 Å². The van der Waals surface area contributed by atoms with E-state index in [4.69, 9.17) is 27.9 Å².